The van der Waals surface area contributed by atoms with E-state index in [9.17, 15) is 9.59 Å². The number of carbonyl (C=O) groups is 2. The average Bonchev–Trinajstić information content (AvgIpc) is 2.31. The summed E-state index contributed by atoms with van der Waals surface area (Å²) in [6.45, 7) is 2.60. The molecule has 0 saturated heterocycles. The number of hydrogen-bond donors (Lipinski definition) is 1. The largest absolute Gasteiger partial charge is 0.480 e. The fourth-order valence-corrected chi connectivity index (χ4v) is 1.21. The number of ether oxygens (including phenoxy) is 3. The van der Waals surface area contributed by atoms with Gasteiger partial charge in [-0.1, -0.05) is 0 Å². The van der Waals surface area contributed by atoms with E-state index in [1.165, 1.54) is 14.0 Å². The van der Waals surface area contributed by atoms with Crippen LogP contribution >= 0.6 is 0 Å². The van der Waals surface area contributed by atoms with Gasteiger partial charge in [0.05, 0.1) is 7.11 Å². The number of methoxy groups -OCH3 is 2. The van der Waals surface area contributed by atoms with Gasteiger partial charge in [-0.15, -0.1) is 0 Å². The fourth-order valence-electron chi connectivity index (χ4n) is 1.21. The average molecular weight is 248 g/mol. The molecule has 0 aromatic carbocycles. The Morgan fingerprint density at radius 1 is 1.18 bits per heavy atom. The number of rotatable bonds is 9. The van der Waals surface area contributed by atoms with Crippen molar-refractivity contribution in [3.63, 3.8) is 0 Å². The van der Waals surface area contributed by atoms with Crippen LogP contribution in [-0.4, -0.2) is 51.1 Å². The van der Waals surface area contributed by atoms with Gasteiger partial charge in [-0.25, -0.2) is 0 Å². The number of esters is 1. The maximum atomic E-state index is 11.4. The number of carbonyl (C=O) groups excluding carboxylic acids is 1. The molecule has 1 N–H and O–H groups in total. The van der Waals surface area contributed by atoms with Gasteiger partial charge in [0.1, 0.15) is 0 Å². The first kappa shape index (κ1) is 15.9. The molecule has 100 valence electrons. The monoisotopic (exact) mass is 248 g/mol. The topological polar surface area (TPSA) is 82.1 Å². The third-order valence-corrected chi connectivity index (χ3v) is 2.49. The number of carboxylic acid groups (broad SMARTS) is 1. The van der Waals surface area contributed by atoms with E-state index in [2.05, 4.69) is 4.74 Å². The van der Waals surface area contributed by atoms with Crippen molar-refractivity contribution in [1.29, 1.82) is 0 Å². The zero-order chi connectivity index (χ0) is 13.3. The summed E-state index contributed by atoms with van der Waals surface area (Å²) in [6, 6.07) is 0. The van der Waals surface area contributed by atoms with Crippen molar-refractivity contribution in [1.82, 2.24) is 0 Å². The van der Waals surface area contributed by atoms with Crippen molar-refractivity contribution >= 4 is 11.9 Å². The zero-order valence-corrected chi connectivity index (χ0v) is 10.5. The standard InChI is InChI=1S/C11H20O6/c1-11(9(12)13,10(14)16-3)5-8-17-7-4-6-15-2/h4-8H2,1-3H3,(H,12,13). The minimum atomic E-state index is -1.55. The summed E-state index contributed by atoms with van der Waals surface area (Å²) in [5.41, 5.74) is -1.55. The van der Waals surface area contributed by atoms with Crippen molar-refractivity contribution < 1.29 is 28.9 Å². The number of hydrogen-bond acceptors (Lipinski definition) is 5. The van der Waals surface area contributed by atoms with E-state index in [0.29, 0.717) is 13.2 Å². The molecule has 0 amide bonds. The third kappa shape index (κ3) is 5.14. The second kappa shape index (κ2) is 8.03. The molecule has 6 nitrogen and oxygen atoms in total. The predicted octanol–water partition coefficient (Wildman–Crippen LogP) is 0.693. The molecular formula is C11H20O6. The normalized spacial score (nSPS) is 14.1. The lowest BCUT2D eigenvalue weighted by molar-refractivity contribution is -0.167. The van der Waals surface area contributed by atoms with Gasteiger partial charge >= 0.3 is 11.9 Å². The number of carboxylic acids is 1. The Bertz CT molecular complexity index is 252. The smallest absolute Gasteiger partial charge is 0.323 e. The second-order valence-corrected chi connectivity index (χ2v) is 3.84. The molecule has 1 atom stereocenters. The Balaban J connectivity index is 4.03. The summed E-state index contributed by atoms with van der Waals surface area (Å²) in [5, 5.41) is 9.00. The number of aliphatic carboxylic acids is 1. The molecule has 0 radical (unpaired) electrons. The van der Waals surface area contributed by atoms with Gasteiger partial charge in [0.15, 0.2) is 5.41 Å². The Labute approximate surface area is 101 Å². The molecule has 0 aliphatic rings. The molecule has 17 heavy (non-hydrogen) atoms. The molecule has 0 saturated carbocycles. The molecule has 0 aliphatic carbocycles. The lowest BCUT2D eigenvalue weighted by Crippen LogP contribution is -2.38. The lowest BCUT2D eigenvalue weighted by atomic mass is 9.87. The SMILES string of the molecule is COCCCOCCC(C)(C(=O)O)C(=O)OC. The first-order chi connectivity index (χ1) is 7.99. The maximum absolute atomic E-state index is 11.4. The molecule has 0 bridgehead atoms. The predicted molar refractivity (Wildman–Crippen MR) is 59.7 cm³/mol. The molecule has 0 rings (SSSR count). The van der Waals surface area contributed by atoms with Crippen molar-refractivity contribution in [2.75, 3.05) is 34.0 Å². The molecule has 0 aromatic rings. The van der Waals surface area contributed by atoms with E-state index in [0.717, 1.165) is 6.42 Å². The van der Waals surface area contributed by atoms with Crippen LogP contribution in [0.25, 0.3) is 0 Å². The highest BCUT2D eigenvalue weighted by Gasteiger charge is 2.42. The molecule has 0 aromatic heterocycles. The second-order valence-electron chi connectivity index (χ2n) is 3.84. The van der Waals surface area contributed by atoms with Crippen molar-refractivity contribution in [3.8, 4) is 0 Å². The van der Waals surface area contributed by atoms with Crippen LogP contribution in [0.15, 0.2) is 0 Å². The molecule has 0 heterocycles. The Kier molecular flexibility index (Phi) is 7.49. The first-order valence-corrected chi connectivity index (χ1v) is 5.37. The van der Waals surface area contributed by atoms with Gasteiger partial charge in [-0.3, -0.25) is 9.59 Å². The highest BCUT2D eigenvalue weighted by Crippen LogP contribution is 2.23. The van der Waals surface area contributed by atoms with Crippen molar-refractivity contribution in [2.45, 2.75) is 19.8 Å². The van der Waals surface area contributed by atoms with Gasteiger partial charge < -0.3 is 19.3 Å². The van der Waals surface area contributed by atoms with Gasteiger partial charge in [0.2, 0.25) is 0 Å². The summed E-state index contributed by atoms with van der Waals surface area (Å²) in [4.78, 5) is 22.4. The van der Waals surface area contributed by atoms with Crippen LogP contribution in [0.2, 0.25) is 0 Å². The van der Waals surface area contributed by atoms with Crippen LogP contribution in [0.1, 0.15) is 19.8 Å². The van der Waals surface area contributed by atoms with Crippen LogP contribution in [0.4, 0.5) is 0 Å². The summed E-state index contributed by atoms with van der Waals surface area (Å²) in [5.74, 6) is -1.96. The van der Waals surface area contributed by atoms with Gasteiger partial charge in [0.25, 0.3) is 0 Å². The lowest BCUT2D eigenvalue weighted by Gasteiger charge is -2.21. The molecule has 0 spiro atoms. The highest BCUT2D eigenvalue weighted by atomic mass is 16.5. The van der Waals surface area contributed by atoms with Crippen molar-refractivity contribution in [2.24, 2.45) is 5.41 Å². The van der Waals surface area contributed by atoms with Crippen LogP contribution < -0.4 is 0 Å². The minimum absolute atomic E-state index is 0.0853. The maximum Gasteiger partial charge on any atom is 0.323 e. The summed E-state index contributed by atoms with van der Waals surface area (Å²) in [6.07, 6.45) is 0.820. The molecular weight excluding hydrogens is 228 g/mol. The van der Waals surface area contributed by atoms with E-state index in [4.69, 9.17) is 14.6 Å². The van der Waals surface area contributed by atoms with Crippen LogP contribution in [0, 0.1) is 5.41 Å². The van der Waals surface area contributed by atoms with Crippen molar-refractivity contribution in [3.05, 3.63) is 0 Å². The minimum Gasteiger partial charge on any atom is -0.480 e. The quantitative estimate of drug-likeness (QED) is 0.367. The van der Waals surface area contributed by atoms with E-state index >= 15 is 0 Å². The Morgan fingerprint density at radius 2 is 1.82 bits per heavy atom. The van der Waals surface area contributed by atoms with Crippen LogP contribution in [0.3, 0.4) is 0 Å². The molecule has 1 unspecified atom stereocenters. The van der Waals surface area contributed by atoms with Gasteiger partial charge in [0, 0.05) is 26.9 Å². The van der Waals surface area contributed by atoms with E-state index < -0.39 is 17.4 Å². The van der Waals surface area contributed by atoms with E-state index in [1.807, 2.05) is 0 Å². The van der Waals surface area contributed by atoms with Gasteiger partial charge in [-0.05, 0) is 19.8 Å². The highest BCUT2D eigenvalue weighted by molar-refractivity contribution is 5.98. The fraction of sp³-hybridized carbons (Fsp3) is 0.818. The Morgan fingerprint density at radius 3 is 2.29 bits per heavy atom. The van der Waals surface area contributed by atoms with E-state index in [1.54, 1.807) is 7.11 Å². The van der Waals surface area contributed by atoms with Gasteiger partial charge in [-0.2, -0.15) is 0 Å². The first-order valence-electron chi connectivity index (χ1n) is 5.37. The summed E-state index contributed by atoms with van der Waals surface area (Å²) >= 11 is 0. The molecule has 0 aliphatic heterocycles. The Hall–Kier alpha value is -1.14. The van der Waals surface area contributed by atoms with Crippen LogP contribution in [-0.2, 0) is 23.8 Å². The molecule has 6 heteroatoms. The van der Waals surface area contributed by atoms with E-state index in [-0.39, 0.29) is 13.0 Å². The zero-order valence-electron chi connectivity index (χ0n) is 10.5. The molecule has 0 fully saturated rings. The van der Waals surface area contributed by atoms with Crippen LogP contribution in [0.5, 0.6) is 0 Å². The summed E-state index contributed by atoms with van der Waals surface area (Å²) in [7, 11) is 2.77. The summed E-state index contributed by atoms with van der Waals surface area (Å²) < 4.78 is 14.5. The third-order valence-electron chi connectivity index (χ3n) is 2.49.